The number of aliphatic hydroxyl groups is 1. The normalized spacial score (nSPS) is 11.3. The molecule has 2 N–H and O–H groups in total. The molecule has 0 saturated carbocycles. The van der Waals surface area contributed by atoms with E-state index in [1.165, 1.54) is 12.1 Å². The van der Waals surface area contributed by atoms with Gasteiger partial charge in [-0.2, -0.15) is 0 Å². The first-order valence-electron chi connectivity index (χ1n) is 5.88. The predicted octanol–water partition coefficient (Wildman–Crippen LogP) is 3.48. The Balaban J connectivity index is 2.28. The fourth-order valence-corrected chi connectivity index (χ4v) is 1.69. The number of phenols is 1. The third kappa shape index (κ3) is 3.01. The number of aromatic hydroxyl groups is 1. The van der Waals surface area contributed by atoms with E-state index < -0.39 is 5.78 Å². The zero-order chi connectivity index (χ0) is 13.8. The van der Waals surface area contributed by atoms with Gasteiger partial charge in [0.1, 0.15) is 11.5 Å². The zero-order valence-electron chi connectivity index (χ0n) is 10.5. The summed E-state index contributed by atoms with van der Waals surface area (Å²) < 4.78 is 0. The van der Waals surface area contributed by atoms with Crippen molar-refractivity contribution >= 4 is 11.5 Å². The molecule has 0 aromatic heterocycles. The quantitative estimate of drug-likeness (QED) is 0.501. The molecule has 3 nitrogen and oxygen atoms in total. The fourth-order valence-electron chi connectivity index (χ4n) is 1.69. The number of hydrogen-bond donors (Lipinski definition) is 2. The highest BCUT2D eigenvalue weighted by Crippen LogP contribution is 2.19. The summed E-state index contributed by atoms with van der Waals surface area (Å²) in [4.78, 5) is 11.9. The number of carbonyl (C=O) groups excluding carboxylic acids is 1. The van der Waals surface area contributed by atoms with Crippen molar-refractivity contribution in [2.24, 2.45) is 0 Å². The second-order valence-electron chi connectivity index (χ2n) is 4.28. The highest BCUT2D eigenvalue weighted by atomic mass is 16.3. The lowest BCUT2D eigenvalue weighted by Gasteiger charge is -2.02. The van der Waals surface area contributed by atoms with Crippen molar-refractivity contribution in [2.45, 2.75) is 6.92 Å². The Hall–Kier alpha value is -2.55. The topological polar surface area (TPSA) is 57.5 Å². The molecule has 2 aromatic carbocycles. The number of carbonyl (C=O) groups is 1. The number of aliphatic hydroxyl groups excluding tert-OH is 1. The van der Waals surface area contributed by atoms with Gasteiger partial charge in [0.05, 0.1) is 5.56 Å². The summed E-state index contributed by atoms with van der Waals surface area (Å²) in [6.07, 6.45) is 1.11. The standard InChI is InChI=1S/C16H14O3/c1-11-6-8-12(9-7-11)15(18)10-16(19)13-4-2-3-5-14(13)17/h2-10,17-18H,1H3. The van der Waals surface area contributed by atoms with Gasteiger partial charge in [-0.25, -0.2) is 0 Å². The van der Waals surface area contributed by atoms with Crippen LogP contribution in [0.4, 0.5) is 0 Å². The van der Waals surface area contributed by atoms with E-state index in [2.05, 4.69) is 0 Å². The highest BCUT2D eigenvalue weighted by Gasteiger charge is 2.09. The SMILES string of the molecule is Cc1ccc(C(O)=CC(=O)c2ccccc2O)cc1. The number of para-hydroxylation sites is 1. The van der Waals surface area contributed by atoms with Crippen molar-refractivity contribution in [2.75, 3.05) is 0 Å². The van der Waals surface area contributed by atoms with Crippen LogP contribution in [0.5, 0.6) is 5.75 Å². The maximum Gasteiger partial charge on any atom is 0.193 e. The van der Waals surface area contributed by atoms with E-state index in [-0.39, 0.29) is 17.1 Å². The Morgan fingerprint density at radius 1 is 1.05 bits per heavy atom. The van der Waals surface area contributed by atoms with Gasteiger partial charge < -0.3 is 10.2 Å². The van der Waals surface area contributed by atoms with Crippen molar-refractivity contribution in [3.05, 3.63) is 71.3 Å². The molecule has 0 amide bonds. The summed E-state index contributed by atoms with van der Waals surface area (Å²) in [5, 5.41) is 19.5. The molecule has 0 unspecified atom stereocenters. The number of rotatable bonds is 3. The average Bonchev–Trinajstić information content (AvgIpc) is 2.39. The maximum absolute atomic E-state index is 11.9. The van der Waals surface area contributed by atoms with Crippen LogP contribution in [0.1, 0.15) is 21.5 Å². The summed E-state index contributed by atoms with van der Waals surface area (Å²) in [6.45, 7) is 1.94. The molecule has 2 aromatic rings. The first-order chi connectivity index (χ1) is 9.08. The molecular weight excluding hydrogens is 240 g/mol. The molecule has 0 aliphatic rings. The van der Waals surface area contributed by atoms with Crippen molar-refractivity contribution in [1.82, 2.24) is 0 Å². The van der Waals surface area contributed by atoms with E-state index in [4.69, 9.17) is 0 Å². The second kappa shape index (κ2) is 5.40. The molecule has 0 heterocycles. The van der Waals surface area contributed by atoms with Crippen LogP contribution in [0.3, 0.4) is 0 Å². The Morgan fingerprint density at radius 2 is 1.68 bits per heavy atom. The van der Waals surface area contributed by atoms with Crippen LogP contribution >= 0.6 is 0 Å². The molecule has 0 aliphatic heterocycles. The highest BCUT2D eigenvalue weighted by molar-refractivity contribution is 6.09. The number of ketones is 1. The molecule has 3 heteroatoms. The third-order valence-electron chi connectivity index (χ3n) is 2.78. The van der Waals surface area contributed by atoms with Crippen molar-refractivity contribution < 1.29 is 15.0 Å². The zero-order valence-corrected chi connectivity index (χ0v) is 10.5. The van der Waals surface area contributed by atoms with E-state index in [0.29, 0.717) is 5.56 Å². The van der Waals surface area contributed by atoms with Crippen molar-refractivity contribution in [1.29, 1.82) is 0 Å². The van der Waals surface area contributed by atoms with Gasteiger partial charge in [-0.3, -0.25) is 4.79 Å². The molecule has 0 atom stereocenters. The smallest absolute Gasteiger partial charge is 0.193 e. The lowest BCUT2D eigenvalue weighted by molar-refractivity contribution is 0.104. The molecule has 19 heavy (non-hydrogen) atoms. The summed E-state index contributed by atoms with van der Waals surface area (Å²) >= 11 is 0. The minimum Gasteiger partial charge on any atom is -0.507 e. The number of aryl methyl sites for hydroxylation is 1. The fraction of sp³-hybridized carbons (Fsp3) is 0.0625. The molecular formula is C16H14O3. The van der Waals surface area contributed by atoms with Gasteiger partial charge in [0.25, 0.3) is 0 Å². The number of allylic oxidation sites excluding steroid dienone is 1. The molecule has 0 radical (unpaired) electrons. The Kier molecular flexibility index (Phi) is 3.66. The maximum atomic E-state index is 11.9. The lowest BCUT2D eigenvalue weighted by atomic mass is 10.1. The molecule has 0 saturated heterocycles. The first-order valence-corrected chi connectivity index (χ1v) is 5.88. The summed E-state index contributed by atoms with van der Waals surface area (Å²) in [5.41, 5.74) is 1.80. The first kappa shape index (κ1) is 12.9. The van der Waals surface area contributed by atoms with Crippen LogP contribution in [0.15, 0.2) is 54.6 Å². The second-order valence-corrected chi connectivity index (χ2v) is 4.28. The summed E-state index contributed by atoms with van der Waals surface area (Å²) in [5.74, 6) is -0.648. The van der Waals surface area contributed by atoms with Crippen LogP contribution in [0.2, 0.25) is 0 Å². The largest absolute Gasteiger partial charge is 0.507 e. The molecule has 0 spiro atoms. The van der Waals surface area contributed by atoms with Crippen molar-refractivity contribution in [3.8, 4) is 5.75 Å². The Bertz CT molecular complexity index is 625. The molecule has 0 bridgehead atoms. The minimum atomic E-state index is -0.434. The summed E-state index contributed by atoms with van der Waals surface area (Å²) in [6, 6.07) is 13.4. The van der Waals surface area contributed by atoms with Crippen LogP contribution < -0.4 is 0 Å². The number of benzene rings is 2. The monoisotopic (exact) mass is 254 g/mol. The van der Waals surface area contributed by atoms with E-state index in [1.54, 1.807) is 24.3 Å². The average molecular weight is 254 g/mol. The number of hydrogen-bond acceptors (Lipinski definition) is 3. The third-order valence-corrected chi connectivity index (χ3v) is 2.78. The summed E-state index contributed by atoms with van der Waals surface area (Å²) in [7, 11) is 0. The van der Waals surface area contributed by atoms with Crippen LogP contribution in [-0.2, 0) is 0 Å². The Morgan fingerprint density at radius 3 is 2.32 bits per heavy atom. The van der Waals surface area contributed by atoms with E-state index >= 15 is 0 Å². The predicted molar refractivity (Wildman–Crippen MR) is 74.2 cm³/mol. The lowest BCUT2D eigenvalue weighted by Crippen LogP contribution is -1.97. The van der Waals surface area contributed by atoms with Gasteiger partial charge in [-0.05, 0) is 19.1 Å². The van der Waals surface area contributed by atoms with E-state index in [0.717, 1.165) is 11.6 Å². The molecule has 0 fully saturated rings. The molecule has 96 valence electrons. The van der Waals surface area contributed by atoms with Crippen molar-refractivity contribution in [3.63, 3.8) is 0 Å². The van der Waals surface area contributed by atoms with Gasteiger partial charge in [-0.15, -0.1) is 0 Å². The molecule has 2 rings (SSSR count). The van der Waals surface area contributed by atoms with Gasteiger partial charge in [0, 0.05) is 11.6 Å². The number of phenolic OH excluding ortho intramolecular Hbond substituents is 1. The van der Waals surface area contributed by atoms with Gasteiger partial charge in [-0.1, -0.05) is 42.0 Å². The molecule has 0 aliphatic carbocycles. The van der Waals surface area contributed by atoms with Crippen LogP contribution in [0.25, 0.3) is 5.76 Å². The van der Waals surface area contributed by atoms with Crippen LogP contribution in [0, 0.1) is 6.92 Å². The van der Waals surface area contributed by atoms with E-state index in [9.17, 15) is 15.0 Å². The minimum absolute atomic E-state index is 0.0968. The van der Waals surface area contributed by atoms with E-state index in [1.807, 2.05) is 19.1 Å². The Labute approximate surface area is 111 Å². The van der Waals surface area contributed by atoms with Gasteiger partial charge in [0.2, 0.25) is 0 Å². The van der Waals surface area contributed by atoms with Gasteiger partial charge >= 0.3 is 0 Å². The van der Waals surface area contributed by atoms with Crippen LogP contribution in [-0.4, -0.2) is 16.0 Å². The van der Waals surface area contributed by atoms with Gasteiger partial charge in [0.15, 0.2) is 5.78 Å².